The highest BCUT2D eigenvalue weighted by molar-refractivity contribution is 5.87. The second-order valence-electron chi connectivity index (χ2n) is 3.90. The Morgan fingerprint density at radius 3 is 2.40 bits per heavy atom. The molecule has 5 nitrogen and oxygen atoms in total. The number of rotatable bonds is 4. The van der Waals surface area contributed by atoms with Gasteiger partial charge >= 0.3 is 5.97 Å². The molecule has 0 unspecified atom stereocenters. The Morgan fingerprint density at radius 1 is 1.53 bits per heavy atom. The van der Waals surface area contributed by atoms with Crippen molar-refractivity contribution in [1.82, 2.24) is 4.90 Å². The van der Waals surface area contributed by atoms with Crippen molar-refractivity contribution in [3.05, 3.63) is 0 Å². The van der Waals surface area contributed by atoms with Crippen LogP contribution in [0, 0.1) is 0 Å². The fraction of sp³-hybridized carbons (Fsp3) is 0.800. The fourth-order valence-electron chi connectivity index (χ4n) is 1.94. The molecule has 0 spiro atoms. The van der Waals surface area contributed by atoms with Gasteiger partial charge in [0.15, 0.2) is 0 Å². The lowest BCUT2D eigenvalue weighted by atomic mass is 9.73. The standard InChI is InChI=1S/C10H17NO4/c1-4-15-8-5-10(6-8,9(13)14)11(3)7(2)12/h8H,4-6H2,1-3H3,(H,13,14). The van der Waals surface area contributed by atoms with Crippen molar-refractivity contribution >= 4 is 11.9 Å². The van der Waals surface area contributed by atoms with Crippen molar-refractivity contribution in [3.8, 4) is 0 Å². The Labute approximate surface area is 89.0 Å². The molecule has 1 saturated carbocycles. The van der Waals surface area contributed by atoms with Crippen LogP contribution in [-0.4, -0.2) is 47.2 Å². The first kappa shape index (κ1) is 12.0. The van der Waals surface area contributed by atoms with Crippen LogP contribution in [0.25, 0.3) is 0 Å². The van der Waals surface area contributed by atoms with Crippen molar-refractivity contribution in [2.24, 2.45) is 0 Å². The Morgan fingerprint density at radius 2 is 2.07 bits per heavy atom. The van der Waals surface area contributed by atoms with Gasteiger partial charge in [-0.1, -0.05) is 0 Å². The summed E-state index contributed by atoms with van der Waals surface area (Å²) in [5.74, 6) is -1.18. The molecule has 1 N–H and O–H groups in total. The van der Waals surface area contributed by atoms with E-state index in [9.17, 15) is 9.59 Å². The summed E-state index contributed by atoms with van der Waals surface area (Å²) in [6.45, 7) is 3.82. The average Bonchev–Trinajstić information content (AvgIpc) is 2.08. The van der Waals surface area contributed by atoms with Gasteiger partial charge in [0.25, 0.3) is 0 Å². The minimum Gasteiger partial charge on any atom is -0.479 e. The number of carboxylic acid groups (broad SMARTS) is 1. The van der Waals surface area contributed by atoms with Crippen LogP contribution in [0.2, 0.25) is 0 Å². The SMILES string of the molecule is CCOC1CC(C(=O)O)(N(C)C(C)=O)C1. The number of nitrogens with zero attached hydrogens (tertiary/aromatic N) is 1. The fourth-order valence-corrected chi connectivity index (χ4v) is 1.94. The van der Waals surface area contributed by atoms with Crippen molar-refractivity contribution < 1.29 is 19.4 Å². The molecule has 0 aliphatic heterocycles. The second-order valence-corrected chi connectivity index (χ2v) is 3.90. The lowest BCUT2D eigenvalue weighted by molar-refractivity contribution is -0.176. The van der Waals surface area contributed by atoms with Gasteiger partial charge in [-0.15, -0.1) is 0 Å². The maximum Gasteiger partial charge on any atom is 0.329 e. The van der Waals surface area contributed by atoms with E-state index in [1.165, 1.54) is 18.9 Å². The van der Waals surface area contributed by atoms with Crippen molar-refractivity contribution in [2.75, 3.05) is 13.7 Å². The van der Waals surface area contributed by atoms with Crippen LogP contribution >= 0.6 is 0 Å². The number of aliphatic carboxylic acids is 1. The number of likely N-dealkylation sites (N-methyl/N-ethyl adjacent to an activating group) is 1. The molecule has 1 aliphatic rings. The van der Waals surface area contributed by atoms with E-state index >= 15 is 0 Å². The van der Waals surface area contributed by atoms with Crippen LogP contribution in [0.1, 0.15) is 26.7 Å². The zero-order valence-corrected chi connectivity index (χ0v) is 9.32. The summed E-state index contributed by atoms with van der Waals surface area (Å²) in [4.78, 5) is 23.6. The Bertz CT molecular complexity index is 271. The van der Waals surface area contributed by atoms with Gasteiger partial charge in [-0.3, -0.25) is 4.79 Å². The maximum atomic E-state index is 11.2. The summed E-state index contributed by atoms with van der Waals surface area (Å²) in [6, 6.07) is 0. The smallest absolute Gasteiger partial charge is 0.329 e. The van der Waals surface area contributed by atoms with Crippen molar-refractivity contribution in [3.63, 3.8) is 0 Å². The van der Waals surface area contributed by atoms with Gasteiger partial charge in [-0.25, -0.2) is 4.79 Å². The first-order valence-corrected chi connectivity index (χ1v) is 5.03. The third-order valence-electron chi connectivity index (χ3n) is 3.05. The van der Waals surface area contributed by atoms with E-state index in [-0.39, 0.29) is 12.0 Å². The molecule has 1 aliphatic carbocycles. The normalized spacial score (nSPS) is 29.4. The van der Waals surface area contributed by atoms with E-state index in [4.69, 9.17) is 9.84 Å². The molecule has 0 heterocycles. The number of amides is 1. The largest absolute Gasteiger partial charge is 0.479 e. The summed E-state index contributed by atoms with van der Waals surface area (Å²) in [6.07, 6.45) is 0.728. The molecule has 5 heteroatoms. The number of ether oxygens (including phenoxy) is 1. The quantitative estimate of drug-likeness (QED) is 0.741. The third-order valence-corrected chi connectivity index (χ3v) is 3.05. The number of carbonyl (C=O) groups is 2. The highest BCUT2D eigenvalue weighted by atomic mass is 16.5. The minimum atomic E-state index is -1.05. The topological polar surface area (TPSA) is 66.8 Å². The van der Waals surface area contributed by atoms with Crippen LogP contribution in [0.4, 0.5) is 0 Å². The predicted octanol–water partition coefficient (Wildman–Crippen LogP) is 0.487. The van der Waals surface area contributed by atoms with Gasteiger partial charge < -0.3 is 14.7 Å². The highest BCUT2D eigenvalue weighted by Gasteiger charge is 2.55. The van der Waals surface area contributed by atoms with Gasteiger partial charge in [0.2, 0.25) is 5.91 Å². The average molecular weight is 215 g/mol. The second kappa shape index (κ2) is 4.18. The van der Waals surface area contributed by atoms with Gasteiger partial charge in [0, 0.05) is 33.4 Å². The molecule has 15 heavy (non-hydrogen) atoms. The first-order valence-electron chi connectivity index (χ1n) is 5.03. The molecule has 1 fully saturated rings. The van der Waals surface area contributed by atoms with Crippen molar-refractivity contribution in [2.45, 2.75) is 38.3 Å². The molecular formula is C10H17NO4. The zero-order chi connectivity index (χ0) is 11.6. The van der Waals surface area contributed by atoms with Crippen LogP contribution in [0.15, 0.2) is 0 Å². The van der Waals surface area contributed by atoms with Crippen LogP contribution < -0.4 is 0 Å². The highest BCUT2D eigenvalue weighted by Crippen LogP contribution is 2.39. The first-order chi connectivity index (χ1) is 6.94. The van der Waals surface area contributed by atoms with Gasteiger partial charge in [0.05, 0.1) is 6.10 Å². The van der Waals surface area contributed by atoms with E-state index in [0.29, 0.717) is 19.4 Å². The van der Waals surface area contributed by atoms with Crippen molar-refractivity contribution in [1.29, 1.82) is 0 Å². The number of hydrogen-bond acceptors (Lipinski definition) is 3. The number of carboxylic acids is 1. The van der Waals surface area contributed by atoms with Crippen LogP contribution in [0.5, 0.6) is 0 Å². The number of hydrogen-bond donors (Lipinski definition) is 1. The molecule has 0 radical (unpaired) electrons. The van der Waals surface area contributed by atoms with Crippen LogP contribution in [0.3, 0.4) is 0 Å². The van der Waals surface area contributed by atoms with E-state index in [2.05, 4.69) is 0 Å². The lowest BCUT2D eigenvalue weighted by Crippen LogP contribution is -2.64. The van der Waals surface area contributed by atoms with E-state index in [1.807, 2.05) is 6.92 Å². The molecule has 1 amide bonds. The summed E-state index contributed by atoms with van der Waals surface area (Å²) in [5, 5.41) is 9.14. The number of carbonyl (C=O) groups excluding carboxylic acids is 1. The van der Waals surface area contributed by atoms with E-state index in [1.54, 1.807) is 0 Å². The lowest BCUT2D eigenvalue weighted by Gasteiger charge is -2.48. The van der Waals surface area contributed by atoms with E-state index in [0.717, 1.165) is 0 Å². The van der Waals surface area contributed by atoms with Crippen LogP contribution in [-0.2, 0) is 14.3 Å². The Kier molecular flexibility index (Phi) is 3.34. The summed E-state index contributed by atoms with van der Waals surface area (Å²) < 4.78 is 5.31. The molecule has 0 saturated heterocycles. The summed E-state index contributed by atoms with van der Waals surface area (Å²) in [5.41, 5.74) is -1.05. The predicted molar refractivity (Wildman–Crippen MR) is 53.5 cm³/mol. The zero-order valence-electron chi connectivity index (χ0n) is 9.32. The molecule has 0 aromatic heterocycles. The molecule has 0 aromatic carbocycles. The summed E-state index contributed by atoms with van der Waals surface area (Å²) in [7, 11) is 1.53. The molecule has 86 valence electrons. The van der Waals surface area contributed by atoms with Gasteiger partial charge in [-0.2, -0.15) is 0 Å². The summed E-state index contributed by atoms with van der Waals surface area (Å²) >= 11 is 0. The van der Waals surface area contributed by atoms with Gasteiger partial charge in [-0.05, 0) is 6.92 Å². The Hall–Kier alpha value is -1.10. The van der Waals surface area contributed by atoms with E-state index < -0.39 is 11.5 Å². The molecule has 0 aromatic rings. The monoisotopic (exact) mass is 215 g/mol. The maximum absolute atomic E-state index is 11.2. The Balaban J connectivity index is 2.69. The molecule has 1 rings (SSSR count). The third kappa shape index (κ3) is 1.97. The molecular weight excluding hydrogens is 198 g/mol. The minimum absolute atomic E-state index is 0.0344. The molecule has 0 atom stereocenters. The molecule has 0 bridgehead atoms. The van der Waals surface area contributed by atoms with Gasteiger partial charge in [0.1, 0.15) is 5.54 Å².